The molecular formula is C26H22O2. The molecule has 0 unspecified atom stereocenters. The van der Waals surface area contributed by atoms with Crippen LogP contribution < -0.4 is 0 Å². The number of ketones is 1. The molecule has 0 spiro atoms. The van der Waals surface area contributed by atoms with E-state index in [-0.39, 0.29) is 5.78 Å². The predicted octanol–water partition coefficient (Wildman–Crippen LogP) is 5.95. The minimum absolute atomic E-state index is 0.0581. The topological polar surface area (TPSA) is 37.3 Å². The van der Waals surface area contributed by atoms with E-state index < -0.39 is 0 Å². The molecule has 0 aliphatic carbocycles. The number of benzene rings is 4. The van der Waals surface area contributed by atoms with Gasteiger partial charge in [-0.05, 0) is 41.8 Å². The lowest BCUT2D eigenvalue weighted by molar-refractivity contribution is 0.103. The maximum Gasteiger partial charge on any atom is 0.193 e. The quantitative estimate of drug-likeness (QED) is 0.428. The zero-order valence-corrected chi connectivity index (χ0v) is 15.6. The lowest BCUT2D eigenvalue weighted by Gasteiger charge is -2.09. The van der Waals surface area contributed by atoms with E-state index in [1.54, 1.807) is 6.07 Å². The summed E-state index contributed by atoms with van der Waals surface area (Å²) in [5.74, 6) is 0.390. The molecule has 0 saturated heterocycles. The van der Waals surface area contributed by atoms with Gasteiger partial charge in [0.15, 0.2) is 5.78 Å². The molecule has 28 heavy (non-hydrogen) atoms. The molecule has 0 amide bonds. The molecule has 0 aliphatic rings. The van der Waals surface area contributed by atoms with Gasteiger partial charge in [-0.15, -0.1) is 0 Å². The van der Waals surface area contributed by atoms with E-state index in [0.717, 1.165) is 41.2 Å². The molecule has 0 heterocycles. The van der Waals surface area contributed by atoms with Gasteiger partial charge in [0.1, 0.15) is 5.75 Å². The van der Waals surface area contributed by atoms with E-state index in [1.807, 2.05) is 78.9 Å². The van der Waals surface area contributed by atoms with Crippen LogP contribution in [0.5, 0.6) is 5.75 Å². The average molecular weight is 366 g/mol. The van der Waals surface area contributed by atoms with Crippen LogP contribution in [0, 0.1) is 0 Å². The Labute approximate surface area is 165 Å². The van der Waals surface area contributed by atoms with Crippen LogP contribution in [0.3, 0.4) is 0 Å². The summed E-state index contributed by atoms with van der Waals surface area (Å²) in [6.45, 7) is 0. The molecule has 138 valence electrons. The lowest BCUT2D eigenvalue weighted by atomic mass is 9.97. The molecule has 2 heteroatoms. The van der Waals surface area contributed by atoms with E-state index in [1.165, 1.54) is 11.1 Å². The molecule has 0 fully saturated rings. The smallest absolute Gasteiger partial charge is 0.193 e. The fourth-order valence-corrected chi connectivity index (χ4v) is 3.63. The van der Waals surface area contributed by atoms with Gasteiger partial charge < -0.3 is 5.11 Å². The monoisotopic (exact) mass is 366 g/mol. The van der Waals surface area contributed by atoms with E-state index in [9.17, 15) is 9.90 Å². The van der Waals surface area contributed by atoms with Crippen LogP contribution in [0.15, 0.2) is 91.0 Å². The van der Waals surface area contributed by atoms with Crippen LogP contribution in [-0.2, 0) is 12.8 Å². The number of hydrogen-bond donors (Lipinski definition) is 1. The summed E-state index contributed by atoms with van der Waals surface area (Å²) in [6.07, 6.45) is 2.92. The minimum atomic E-state index is 0.0581. The number of phenolic OH excluding ortho intramolecular Hbond substituents is 1. The van der Waals surface area contributed by atoms with Crippen molar-refractivity contribution >= 4 is 16.6 Å². The highest BCUT2D eigenvalue weighted by atomic mass is 16.3. The second-order valence-electron chi connectivity index (χ2n) is 7.04. The predicted molar refractivity (Wildman–Crippen MR) is 114 cm³/mol. The Bertz CT molecular complexity index is 1100. The molecule has 0 bridgehead atoms. The second-order valence-corrected chi connectivity index (χ2v) is 7.04. The summed E-state index contributed by atoms with van der Waals surface area (Å²) < 4.78 is 0. The molecule has 0 aromatic heterocycles. The Morgan fingerprint density at radius 2 is 1.29 bits per heavy atom. The van der Waals surface area contributed by atoms with Crippen molar-refractivity contribution in [3.05, 3.63) is 113 Å². The van der Waals surface area contributed by atoms with Gasteiger partial charge in [0, 0.05) is 16.5 Å². The maximum atomic E-state index is 12.5. The molecule has 0 saturated carbocycles. The Kier molecular flexibility index (Phi) is 5.20. The van der Waals surface area contributed by atoms with E-state index >= 15 is 0 Å². The fourth-order valence-electron chi connectivity index (χ4n) is 3.63. The molecule has 0 atom stereocenters. The molecule has 4 aromatic rings. The van der Waals surface area contributed by atoms with Crippen molar-refractivity contribution in [1.29, 1.82) is 0 Å². The fraction of sp³-hybridized carbons (Fsp3) is 0.115. The van der Waals surface area contributed by atoms with Gasteiger partial charge in [-0.2, -0.15) is 0 Å². The molecule has 2 nitrogen and oxygen atoms in total. The van der Waals surface area contributed by atoms with Crippen molar-refractivity contribution in [3.8, 4) is 5.75 Å². The van der Waals surface area contributed by atoms with Crippen molar-refractivity contribution in [1.82, 2.24) is 0 Å². The summed E-state index contributed by atoms with van der Waals surface area (Å²) in [4.78, 5) is 12.5. The van der Waals surface area contributed by atoms with Crippen LogP contribution in [0.4, 0.5) is 0 Å². The molecule has 4 aromatic carbocycles. The zero-order chi connectivity index (χ0) is 19.3. The van der Waals surface area contributed by atoms with E-state index in [4.69, 9.17) is 0 Å². The Morgan fingerprint density at radius 3 is 2.04 bits per heavy atom. The number of rotatable bonds is 6. The summed E-state index contributed by atoms with van der Waals surface area (Å²) >= 11 is 0. The van der Waals surface area contributed by atoms with Gasteiger partial charge in [-0.25, -0.2) is 0 Å². The third-order valence-corrected chi connectivity index (χ3v) is 5.16. The van der Waals surface area contributed by atoms with Crippen LogP contribution >= 0.6 is 0 Å². The normalized spacial score (nSPS) is 10.9. The second kappa shape index (κ2) is 8.10. The van der Waals surface area contributed by atoms with Gasteiger partial charge in [0.2, 0.25) is 0 Å². The number of carbonyl (C=O) groups is 1. The van der Waals surface area contributed by atoms with Crippen LogP contribution in [0.1, 0.15) is 33.5 Å². The van der Waals surface area contributed by atoms with Crippen molar-refractivity contribution in [3.63, 3.8) is 0 Å². The van der Waals surface area contributed by atoms with Crippen LogP contribution in [-0.4, -0.2) is 10.9 Å². The van der Waals surface area contributed by atoms with Crippen LogP contribution in [0.2, 0.25) is 0 Å². The Balaban J connectivity index is 1.41. The Morgan fingerprint density at radius 1 is 0.643 bits per heavy atom. The van der Waals surface area contributed by atoms with Gasteiger partial charge in [0.25, 0.3) is 0 Å². The Hall–Kier alpha value is -3.39. The third-order valence-electron chi connectivity index (χ3n) is 5.16. The van der Waals surface area contributed by atoms with Gasteiger partial charge >= 0.3 is 0 Å². The lowest BCUT2D eigenvalue weighted by Crippen LogP contribution is -2.01. The number of fused-ring (bicyclic) bond motifs is 1. The first-order chi connectivity index (χ1) is 13.7. The summed E-state index contributed by atoms with van der Waals surface area (Å²) in [7, 11) is 0. The van der Waals surface area contributed by atoms with Crippen molar-refractivity contribution < 1.29 is 9.90 Å². The largest absolute Gasteiger partial charge is 0.507 e. The molecule has 1 N–H and O–H groups in total. The molecule has 0 aliphatic heterocycles. The maximum absolute atomic E-state index is 12.5. The standard InChI is InChI=1S/C26H22O2/c27-25-18-17-20(23-11-4-5-12-24(23)25)10-6-7-19-13-15-22(16-14-19)26(28)21-8-2-1-3-9-21/h1-5,8-9,11-18,27H,6-7,10H2. The van der Waals surface area contributed by atoms with Crippen molar-refractivity contribution in [2.75, 3.05) is 0 Å². The molecule has 0 radical (unpaired) electrons. The first kappa shape index (κ1) is 18.0. The summed E-state index contributed by atoms with van der Waals surface area (Å²) in [5, 5.41) is 12.0. The molecular weight excluding hydrogens is 344 g/mol. The van der Waals surface area contributed by atoms with Crippen LogP contribution in [0.25, 0.3) is 10.8 Å². The number of phenols is 1. The number of hydrogen-bond acceptors (Lipinski definition) is 2. The number of aromatic hydroxyl groups is 1. The van der Waals surface area contributed by atoms with Gasteiger partial charge in [-0.3, -0.25) is 4.79 Å². The van der Waals surface area contributed by atoms with Gasteiger partial charge in [0.05, 0.1) is 0 Å². The van der Waals surface area contributed by atoms with Gasteiger partial charge in [-0.1, -0.05) is 84.9 Å². The van der Waals surface area contributed by atoms with E-state index in [2.05, 4.69) is 6.07 Å². The third kappa shape index (κ3) is 3.81. The zero-order valence-electron chi connectivity index (χ0n) is 15.6. The first-order valence-electron chi connectivity index (χ1n) is 9.60. The SMILES string of the molecule is O=C(c1ccccc1)c1ccc(CCCc2ccc(O)c3ccccc23)cc1. The first-order valence-corrected chi connectivity index (χ1v) is 9.60. The summed E-state index contributed by atoms with van der Waals surface area (Å²) in [5.41, 5.74) is 3.92. The highest BCUT2D eigenvalue weighted by Gasteiger charge is 2.08. The average Bonchev–Trinajstić information content (AvgIpc) is 2.76. The minimum Gasteiger partial charge on any atom is -0.507 e. The highest BCUT2D eigenvalue weighted by molar-refractivity contribution is 6.08. The molecule has 4 rings (SSSR count). The van der Waals surface area contributed by atoms with E-state index in [0.29, 0.717) is 5.75 Å². The van der Waals surface area contributed by atoms with Crippen molar-refractivity contribution in [2.45, 2.75) is 19.3 Å². The van der Waals surface area contributed by atoms with Crippen molar-refractivity contribution in [2.24, 2.45) is 0 Å². The highest BCUT2D eigenvalue weighted by Crippen LogP contribution is 2.28. The number of aryl methyl sites for hydroxylation is 2. The number of carbonyl (C=O) groups excluding carboxylic acids is 1. The summed E-state index contributed by atoms with van der Waals surface area (Å²) in [6, 6.07) is 29.1.